The number of hydrogen-bond acceptors (Lipinski definition) is 6. The second kappa shape index (κ2) is 7.83. The van der Waals surface area contributed by atoms with Crippen LogP contribution in [0.5, 0.6) is 0 Å². The summed E-state index contributed by atoms with van der Waals surface area (Å²) >= 11 is 0. The van der Waals surface area contributed by atoms with Crippen molar-refractivity contribution in [2.24, 2.45) is 0 Å². The third-order valence-corrected chi connectivity index (χ3v) is 8.55. The summed E-state index contributed by atoms with van der Waals surface area (Å²) in [5, 5.41) is 3.39. The summed E-state index contributed by atoms with van der Waals surface area (Å²) in [7, 11) is -1.37. The van der Waals surface area contributed by atoms with E-state index in [1.165, 1.54) is 5.19 Å². The smallest absolute Gasteiger partial charge is 0.200 e. The molecule has 7 heteroatoms. The molecule has 0 saturated carbocycles. The van der Waals surface area contributed by atoms with Crippen LogP contribution in [0.25, 0.3) is 55.8 Å². The lowest BCUT2D eigenvalue weighted by Gasteiger charge is -2.16. The molecule has 0 radical (unpaired) electrons. The fraction of sp³-hybridized carbons (Fsp3) is 0.241. The van der Waals surface area contributed by atoms with Crippen LogP contribution < -0.4 is 5.19 Å². The molecule has 0 atom stereocenters. The Bertz CT molecular complexity index is 1750. The number of oxazole rings is 1. The highest BCUT2D eigenvalue weighted by Gasteiger charge is 2.24. The van der Waals surface area contributed by atoms with Crippen molar-refractivity contribution in [1.82, 2.24) is 19.9 Å². The van der Waals surface area contributed by atoms with Gasteiger partial charge in [0, 0.05) is 21.8 Å². The largest absolute Gasteiger partial charge is 0.453 e. The Kier molecular flexibility index (Phi) is 4.92. The van der Waals surface area contributed by atoms with Crippen LogP contribution in [0, 0.1) is 0 Å². The quantitative estimate of drug-likeness (QED) is 0.245. The Hall–Kier alpha value is -3.84. The fourth-order valence-corrected chi connectivity index (χ4v) is 5.59. The molecule has 0 aliphatic heterocycles. The van der Waals surface area contributed by atoms with E-state index in [1.54, 1.807) is 6.33 Å². The zero-order chi connectivity index (χ0) is 25.2. The van der Waals surface area contributed by atoms with E-state index in [9.17, 15) is 0 Å². The van der Waals surface area contributed by atoms with Gasteiger partial charge in [0.25, 0.3) is 0 Å². The Labute approximate surface area is 210 Å². The summed E-state index contributed by atoms with van der Waals surface area (Å²) in [6, 6.07) is 18.6. The van der Waals surface area contributed by atoms with Gasteiger partial charge in [0.2, 0.25) is 5.89 Å². The van der Waals surface area contributed by atoms with Gasteiger partial charge in [-0.2, -0.15) is 0 Å². The van der Waals surface area contributed by atoms with Crippen LogP contribution in [0.4, 0.5) is 0 Å². The van der Waals surface area contributed by atoms with Gasteiger partial charge < -0.3 is 8.83 Å². The summed E-state index contributed by atoms with van der Waals surface area (Å²) in [5.41, 5.74) is 4.49. The number of hydrogen-bond donors (Lipinski definition) is 0. The molecule has 0 bridgehead atoms. The number of para-hydroxylation sites is 1. The normalized spacial score (nSPS) is 12.7. The molecule has 0 amide bonds. The average Bonchev–Trinajstić information content (AvgIpc) is 3.45. The average molecular weight is 493 g/mol. The molecular weight excluding hydrogens is 464 g/mol. The fourth-order valence-electron chi connectivity index (χ4n) is 4.43. The first-order chi connectivity index (χ1) is 17.1. The lowest BCUT2D eigenvalue weighted by Crippen LogP contribution is -2.37. The van der Waals surface area contributed by atoms with Gasteiger partial charge in [-0.1, -0.05) is 82.0 Å². The Balaban J connectivity index is 1.49. The first-order valence-corrected chi connectivity index (χ1v) is 15.7. The van der Waals surface area contributed by atoms with E-state index >= 15 is 0 Å². The summed E-state index contributed by atoms with van der Waals surface area (Å²) < 4.78 is 12.5. The second-order valence-corrected chi connectivity index (χ2v) is 16.4. The second-order valence-electron chi connectivity index (χ2n) is 11.3. The topological polar surface area (TPSA) is 77.8 Å². The van der Waals surface area contributed by atoms with E-state index in [2.05, 4.69) is 80.7 Å². The number of aromatic nitrogens is 4. The molecule has 0 aliphatic carbocycles. The first kappa shape index (κ1) is 22.6. The van der Waals surface area contributed by atoms with Crippen LogP contribution in [-0.4, -0.2) is 28.0 Å². The monoisotopic (exact) mass is 492 g/mol. The highest BCUT2D eigenvalue weighted by atomic mass is 28.3. The van der Waals surface area contributed by atoms with E-state index < -0.39 is 8.07 Å². The third-order valence-electron chi connectivity index (χ3n) is 6.49. The van der Waals surface area contributed by atoms with E-state index in [4.69, 9.17) is 18.8 Å². The predicted octanol–water partition coefficient (Wildman–Crippen LogP) is 7.09. The molecule has 6 rings (SSSR count). The van der Waals surface area contributed by atoms with Gasteiger partial charge in [-0.25, -0.2) is 19.9 Å². The maximum atomic E-state index is 6.46. The molecule has 0 saturated heterocycles. The van der Waals surface area contributed by atoms with Gasteiger partial charge >= 0.3 is 0 Å². The Morgan fingerprint density at radius 1 is 0.722 bits per heavy atom. The molecule has 0 unspecified atom stereocenters. The highest BCUT2D eigenvalue weighted by molar-refractivity contribution is 6.88. The first-order valence-electron chi connectivity index (χ1n) is 12.2. The zero-order valence-corrected chi connectivity index (χ0v) is 22.4. The standard InChI is InChI=1S/C29H28N4O2Si/c1-29(2,3)28-32-23-22(34-28)15-14-20-19-8-7-9-21(24(19)35-25(20)23)27-31-16-30-26(33-27)17-10-12-18(13-11-17)36(4,5)6/h7-16H,1-6H3. The van der Waals surface area contributed by atoms with Crippen LogP contribution >= 0.6 is 0 Å². The molecule has 3 heterocycles. The molecule has 0 fully saturated rings. The van der Waals surface area contributed by atoms with Crippen LogP contribution in [0.15, 0.2) is 69.8 Å². The van der Waals surface area contributed by atoms with E-state index in [-0.39, 0.29) is 5.41 Å². The van der Waals surface area contributed by atoms with Crippen molar-refractivity contribution < 1.29 is 8.83 Å². The van der Waals surface area contributed by atoms with Gasteiger partial charge in [-0.3, -0.25) is 0 Å². The van der Waals surface area contributed by atoms with E-state index in [1.807, 2.05) is 24.3 Å². The maximum absolute atomic E-state index is 6.46. The molecular formula is C29H28N4O2Si. The van der Waals surface area contributed by atoms with Gasteiger partial charge in [-0.05, 0) is 18.2 Å². The van der Waals surface area contributed by atoms with Crippen LogP contribution in [-0.2, 0) is 5.41 Å². The number of benzene rings is 3. The van der Waals surface area contributed by atoms with Crippen molar-refractivity contribution in [3.63, 3.8) is 0 Å². The van der Waals surface area contributed by atoms with Gasteiger partial charge in [0.1, 0.15) is 11.9 Å². The molecule has 0 spiro atoms. The number of furan rings is 1. The molecule has 3 aromatic heterocycles. The van der Waals surface area contributed by atoms with Crippen molar-refractivity contribution in [3.05, 3.63) is 66.8 Å². The third kappa shape index (κ3) is 3.71. The Morgan fingerprint density at radius 3 is 2.17 bits per heavy atom. The number of nitrogens with zero attached hydrogens (tertiary/aromatic N) is 4. The van der Waals surface area contributed by atoms with Crippen molar-refractivity contribution in [1.29, 1.82) is 0 Å². The SMILES string of the molecule is CC(C)(C)c1nc2c(ccc3c4cccc(-c5ncnc(-c6ccc([Si](C)(C)C)cc6)n5)c4oc32)o1. The van der Waals surface area contributed by atoms with E-state index in [0.29, 0.717) is 23.1 Å². The molecule has 180 valence electrons. The number of fused-ring (bicyclic) bond motifs is 5. The molecule has 0 N–H and O–H groups in total. The molecule has 3 aromatic carbocycles. The van der Waals surface area contributed by atoms with E-state index in [0.717, 1.165) is 38.6 Å². The van der Waals surface area contributed by atoms with Gasteiger partial charge in [-0.15, -0.1) is 0 Å². The number of rotatable bonds is 3. The minimum absolute atomic E-state index is 0.197. The van der Waals surface area contributed by atoms with Crippen LogP contribution in [0.1, 0.15) is 26.7 Å². The van der Waals surface area contributed by atoms with Crippen molar-refractivity contribution in [3.8, 4) is 22.8 Å². The molecule has 6 aromatic rings. The van der Waals surface area contributed by atoms with Crippen LogP contribution in [0.3, 0.4) is 0 Å². The predicted molar refractivity (Wildman–Crippen MR) is 147 cm³/mol. The van der Waals surface area contributed by atoms with Crippen molar-refractivity contribution in [2.75, 3.05) is 0 Å². The van der Waals surface area contributed by atoms with Crippen LogP contribution in [0.2, 0.25) is 19.6 Å². The van der Waals surface area contributed by atoms with Crippen molar-refractivity contribution in [2.45, 2.75) is 45.8 Å². The highest BCUT2D eigenvalue weighted by Crippen LogP contribution is 2.39. The summed E-state index contributed by atoms with van der Waals surface area (Å²) in [5.74, 6) is 1.91. The maximum Gasteiger partial charge on any atom is 0.200 e. The zero-order valence-electron chi connectivity index (χ0n) is 21.4. The summed E-state index contributed by atoms with van der Waals surface area (Å²) in [6.07, 6.45) is 1.57. The molecule has 36 heavy (non-hydrogen) atoms. The van der Waals surface area contributed by atoms with Gasteiger partial charge in [0.05, 0.1) is 13.6 Å². The van der Waals surface area contributed by atoms with Crippen molar-refractivity contribution >= 4 is 46.3 Å². The van der Waals surface area contributed by atoms with Gasteiger partial charge in [0.15, 0.2) is 28.3 Å². The minimum atomic E-state index is -1.37. The molecule has 0 aliphatic rings. The summed E-state index contributed by atoms with van der Waals surface area (Å²) in [4.78, 5) is 18.6. The molecule has 6 nitrogen and oxygen atoms in total. The Morgan fingerprint density at radius 2 is 1.44 bits per heavy atom. The lowest BCUT2D eigenvalue weighted by molar-refractivity contribution is 0.411. The summed E-state index contributed by atoms with van der Waals surface area (Å²) in [6.45, 7) is 13.3. The lowest BCUT2D eigenvalue weighted by atomic mass is 9.97. The minimum Gasteiger partial charge on any atom is -0.453 e.